The van der Waals surface area contributed by atoms with E-state index in [1.54, 1.807) is 18.2 Å². The van der Waals surface area contributed by atoms with E-state index in [1.165, 1.54) is 0 Å². The molecule has 0 heterocycles. The highest BCUT2D eigenvalue weighted by atomic mass is 16.5. The van der Waals surface area contributed by atoms with Gasteiger partial charge in [0.25, 0.3) is 0 Å². The fraction of sp³-hybridized carbons (Fsp3) is 0.385. The zero-order valence-corrected chi connectivity index (χ0v) is 11.6. The van der Waals surface area contributed by atoms with E-state index in [4.69, 9.17) is 15.2 Å². The van der Waals surface area contributed by atoms with Crippen molar-refractivity contribution in [1.29, 1.82) is 0 Å². The molecule has 0 aliphatic carbocycles. The van der Waals surface area contributed by atoms with Gasteiger partial charge in [-0.05, 0) is 26.0 Å². The van der Waals surface area contributed by atoms with Gasteiger partial charge in [-0.1, -0.05) is 0 Å². The first kappa shape index (κ1) is 15.6. The fourth-order valence-electron chi connectivity index (χ4n) is 1.54. The SMILES string of the molecule is CCOc1ccc(OCC)c(NCC(=O)NC(N)=O)c1. The Hall–Kier alpha value is -2.44. The molecule has 0 fully saturated rings. The van der Waals surface area contributed by atoms with Gasteiger partial charge in [-0.25, -0.2) is 4.79 Å². The number of urea groups is 1. The van der Waals surface area contributed by atoms with Crippen LogP contribution in [0.1, 0.15) is 13.8 Å². The van der Waals surface area contributed by atoms with Crippen molar-refractivity contribution in [3.8, 4) is 11.5 Å². The first-order valence-electron chi connectivity index (χ1n) is 6.29. The summed E-state index contributed by atoms with van der Waals surface area (Å²) < 4.78 is 10.8. The van der Waals surface area contributed by atoms with Crippen LogP contribution in [-0.2, 0) is 4.79 Å². The van der Waals surface area contributed by atoms with Gasteiger partial charge in [-0.15, -0.1) is 0 Å². The number of hydrogen-bond acceptors (Lipinski definition) is 5. The Morgan fingerprint density at radius 3 is 2.50 bits per heavy atom. The predicted molar refractivity (Wildman–Crippen MR) is 75.0 cm³/mol. The number of ether oxygens (including phenoxy) is 2. The topological polar surface area (TPSA) is 103 Å². The molecule has 110 valence electrons. The number of nitrogens with two attached hydrogens (primary N) is 1. The molecule has 1 aromatic rings. The smallest absolute Gasteiger partial charge is 0.318 e. The summed E-state index contributed by atoms with van der Waals surface area (Å²) in [5, 5.41) is 4.85. The van der Waals surface area contributed by atoms with Crippen molar-refractivity contribution in [2.75, 3.05) is 25.1 Å². The van der Waals surface area contributed by atoms with Gasteiger partial charge in [0.15, 0.2) is 0 Å². The first-order valence-corrected chi connectivity index (χ1v) is 6.29. The second-order valence-corrected chi connectivity index (χ2v) is 3.79. The molecule has 0 aromatic heterocycles. The van der Waals surface area contributed by atoms with E-state index >= 15 is 0 Å². The number of amides is 3. The zero-order chi connectivity index (χ0) is 15.0. The average molecular weight is 281 g/mol. The normalized spacial score (nSPS) is 9.70. The van der Waals surface area contributed by atoms with Crippen LogP contribution >= 0.6 is 0 Å². The summed E-state index contributed by atoms with van der Waals surface area (Å²) in [4.78, 5) is 21.9. The van der Waals surface area contributed by atoms with Gasteiger partial charge in [0.2, 0.25) is 5.91 Å². The van der Waals surface area contributed by atoms with E-state index in [-0.39, 0.29) is 6.54 Å². The summed E-state index contributed by atoms with van der Waals surface area (Å²) in [6.07, 6.45) is 0. The summed E-state index contributed by atoms with van der Waals surface area (Å²) in [6, 6.07) is 4.38. The third-order valence-corrected chi connectivity index (χ3v) is 2.26. The van der Waals surface area contributed by atoms with Crippen molar-refractivity contribution in [2.45, 2.75) is 13.8 Å². The molecule has 7 heteroatoms. The zero-order valence-electron chi connectivity index (χ0n) is 11.6. The summed E-state index contributed by atoms with van der Waals surface area (Å²) in [7, 11) is 0. The largest absolute Gasteiger partial charge is 0.494 e. The van der Waals surface area contributed by atoms with Crippen LogP contribution in [0.3, 0.4) is 0 Å². The van der Waals surface area contributed by atoms with Crippen LogP contribution in [-0.4, -0.2) is 31.7 Å². The lowest BCUT2D eigenvalue weighted by atomic mass is 10.2. The van der Waals surface area contributed by atoms with Crippen molar-refractivity contribution in [3.63, 3.8) is 0 Å². The summed E-state index contributed by atoms with van der Waals surface area (Å²) >= 11 is 0. The fourth-order valence-corrected chi connectivity index (χ4v) is 1.54. The molecule has 0 bridgehead atoms. The molecule has 1 aromatic carbocycles. The Bertz CT molecular complexity index is 477. The molecule has 0 aliphatic heterocycles. The number of carbonyl (C=O) groups is 2. The highest BCUT2D eigenvalue weighted by Gasteiger charge is 2.09. The number of primary amides is 1. The molecule has 0 aliphatic rings. The molecule has 0 unspecified atom stereocenters. The van der Waals surface area contributed by atoms with Crippen molar-refractivity contribution >= 4 is 17.6 Å². The number of rotatable bonds is 7. The molecule has 0 atom stereocenters. The Kier molecular flexibility index (Phi) is 6.15. The molecule has 4 N–H and O–H groups in total. The molecule has 1 rings (SSSR count). The Morgan fingerprint density at radius 2 is 1.90 bits per heavy atom. The molecule has 0 radical (unpaired) electrons. The maximum absolute atomic E-state index is 11.4. The molecule has 7 nitrogen and oxygen atoms in total. The number of imide groups is 1. The second kappa shape index (κ2) is 7.88. The number of carbonyl (C=O) groups excluding carboxylic acids is 2. The van der Waals surface area contributed by atoms with Gasteiger partial charge in [0, 0.05) is 6.07 Å². The van der Waals surface area contributed by atoms with Crippen LogP contribution in [0.25, 0.3) is 0 Å². The quantitative estimate of drug-likeness (QED) is 0.694. The number of anilines is 1. The minimum absolute atomic E-state index is 0.0986. The van der Waals surface area contributed by atoms with Gasteiger partial charge in [0.1, 0.15) is 11.5 Å². The molecular formula is C13H19N3O4. The molecule has 0 saturated heterocycles. The maximum Gasteiger partial charge on any atom is 0.318 e. The summed E-state index contributed by atoms with van der Waals surface area (Å²) in [5.41, 5.74) is 5.47. The Morgan fingerprint density at radius 1 is 1.20 bits per heavy atom. The van der Waals surface area contributed by atoms with Crippen LogP contribution < -0.4 is 25.8 Å². The monoisotopic (exact) mass is 281 g/mol. The number of benzene rings is 1. The third-order valence-electron chi connectivity index (χ3n) is 2.26. The van der Waals surface area contributed by atoms with Crippen molar-refractivity contribution in [1.82, 2.24) is 5.32 Å². The first-order chi connectivity index (χ1) is 9.56. The van der Waals surface area contributed by atoms with Gasteiger partial charge in [0.05, 0.1) is 25.4 Å². The van der Waals surface area contributed by atoms with E-state index in [0.29, 0.717) is 30.4 Å². The van der Waals surface area contributed by atoms with Crippen molar-refractivity contribution in [3.05, 3.63) is 18.2 Å². The van der Waals surface area contributed by atoms with Crippen LogP contribution in [0.15, 0.2) is 18.2 Å². The minimum Gasteiger partial charge on any atom is -0.494 e. The van der Waals surface area contributed by atoms with Crippen molar-refractivity contribution in [2.24, 2.45) is 5.73 Å². The minimum atomic E-state index is -0.884. The molecule has 20 heavy (non-hydrogen) atoms. The standard InChI is InChI=1S/C13H19N3O4/c1-3-19-9-5-6-11(20-4-2)10(7-9)15-8-12(17)16-13(14)18/h5-7,15H,3-4,8H2,1-2H3,(H3,14,16,17,18). The van der Waals surface area contributed by atoms with E-state index in [1.807, 2.05) is 19.2 Å². The van der Waals surface area contributed by atoms with Gasteiger partial charge in [-0.3, -0.25) is 10.1 Å². The lowest BCUT2D eigenvalue weighted by Gasteiger charge is -2.13. The summed E-state index contributed by atoms with van der Waals surface area (Å²) in [5.74, 6) is 0.735. The number of hydrogen-bond donors (Lipinski definition) is 3. The van der Waals surface area contributed by atoms with Crippen LogP contribution in [0.5, 0.6) is 11.5 Å². The maximum atomic E-state index is 11.4. The van der Waals surface area contributed by atoms with E-state index in [0.717, 1.165) is 0 Å². The van der Waals surface area contributed by atoms with Gasteiger partial charge in [-0.2, -0.15) is 0 Å². The van der Waals surface area contributed by atoms with Crippen molar-refractivity contribution < 1.29 is 19.1 Å². The highest BCUT2D eigenvalue weighted by Crippen LogP contribution is 2.29. The Labute approximate surface area is 117 Å². The highest BCUT2D eigenvalue weighted by molar-refractivity contribution is 5.95. The second-order valence-electron chi connectivity index (χ2n) is 3.79. The van der Waals surface area contributed by atoms with Gasteiger partial charge < -0.3 is 20.5 Å². The molecule has 3 amide bonds. The predicted octanol–water partition coefficient (Wildman–Crippen LogP) is 1.09. The molecule has 0 saturated carbocycles. The third kappa shape index (κ3) is 5.05. The molecular weight excluding hydrogens is 262 g/mol. The van der Waals surface area contributed by atoms with Crippen LogP contribution in [0.4, 0.5) is 10.5 Å². The summed E-state index contributed by atoms with van der Waals surface area (Å²) in [6.45, 7) is 4.67. The lowest BCUT2D eigenvalue weighted by molar-refractivity contribution is -0.118. The van der Waals surface area contributed by atoms with Crippen LogP contribution in [0.2, 0.25) is 0 Å². The van der Waals surface area contributed by atoms with Crippen LogP contribution in [0, 0.1) is 0 Å². The Balaban J connectivity index is 2.75. The lowest BCUT2D eigenvalue weighted by Crippen LogP contribution is -2.38. The number of nitrogens with one attached hydrogen (secondary N) is 2. The van der Waals surface area contributed by atoms with E-state index in [9.17, 15) is 9.59 Å². The average Bonchev–Trinajstić information content (AvgIpc) is 2.38. The molecule has 0 spiro atoms. The van der Waals surface area contributed by atoms with Gasteiger partial charge >= 0.3 is 6.03 Å². The van der Waals surface area contributed by atoms with E-state index < -0.39 is 11.9 Å². The van der Waals surface area contributed by atoms with E-state index in [2.05, 4.69) is 5.32 Å².